The van der Waals surface area contributed by atoms with Gasteiger partial charge in [0.15, 0.2) is 0 Å². The van der Waals surface area contributed by atoms with Crippen LogP contribution in [0.3, 0.4) is 0 Å². The first-order valence-corrected chi connectivity index (χ1v) is 8.31. The zero-order valence-electron chi connectivity index (χ0n) is 14.0. The molecule has 0 amide bonds. The maximum atomic E-state index is 13.3. The van der Waals surface area contributed by atoms with E-state index in [-0.39, 0.29) is 0 Å². The number of hydrogen-bond donors (Lipinski definition) is 1. The summed E-state index contributed by atoms with van der Waals surface area (Å²) in [5.74, 6) is -57.3. The van der Waals surface area contributed by atoms with Crippen molar-refractivity contribution in [1.29, 1.82) is 0 Å². The standard InChI is InChI=1S/C10H6F17NO3S/c11-3(12,1-2-31-32(28,29)30)4(13,14)5(15,16)6(17,18)7(19,20)8(21,22)9(23,24)10(25,26)27/h1-2H2,(H2,28,29,30). The second-order valence-electron chi connectivity index (χ2n) is 5.71. The zero-order chi connectivity index (χ0) is 26.6. The molecule has 0 aliphatic rings. The van der Waals surface area contributed by atoms with Crippen molar-refractivity contribution in [3.63, 3.8) is 0 Å². The van der Waals surface area contributed by atoms with Crippen molar-refractivity contribution in [2.75, 3.05) is 6.61 Å². The lowest BCUT2D eigenvalue weighted by Gasteiger charge is -2.42. The minimum Gasteiger partial charge on any atom is -0.258 e. The van der Waals surface area contributed by atoms with Gasteiger partial charge in [-0.1, -0.05) is 0 Å². The molecule has 0 aromatic heterocycles. The van der Waals surface area contributed by atoms with Gasteiger partial charge in [-0.3, -0.25) is 4.18 Å². The molecule has 2 N–H and O–H groups in total. The predicted molar refractivity (Wildman–Crippen MR) is 64.4 cm³/mol. The molecule has 0 aromatic carbocycles. The number of rotatable bonds is 10. The first kappa shape index (κ1) is 30.7. The summed E-state index contributed by atoms with van der Waals surface area (Å²) in [6, 6.07) is 0. The molecular formula is C10H6F17NO3S. The zero-order valence-corrected chi connectivity index (χ0v) is 14.9. The second kappa shape index (κ2) is 7.87. The van der Waals surface area contributed by atoms with Crippen molar-refractivity contribution < 1.29 is 87.2 Å². The summed E-state index contributed by atoms with van der Waals surface area (Å²) in [5, 5.41) is 4.01. The van der Waals surface area contributed by atoms with E-state index < -0.39 is 71.0 Å². The molecule has 0 aromatic rings. The van der Waals surface area contributed by atoms with E-state index in [2.05, 4.69) is 9.32 Å². The van der Waals surface area contributed by atoms with Crippen molar-refractivity contribution in [2.24, 2.45) is 5.14 Å². The number of nitrogens with two attached hydrogens (primary N) is 1. The molecule has 0 fully saturated rings. The van der Waals surface area contributed by atoms with E-state index >= 15 is 0 Å². The lowest BCUT2D eigenvalue weighted by Crippen LogP contribution is -2.74. The minimum absolute atomic E-state index is 2.32. The molecule has 0 atom stereocenters. The van der Waals surface area contributed by atoms with E-state index in [4.69, 9.17) is 0 Å². The summed E-state index contributed by atoms with van der Waals surface area (Å²) in [6.07, 6.45) is -10.9. The molecule has 0 aliphatic heterocycles. The van der Waals surface area contributed by atoms with E-state index in [0.29, 0.717) is 0 Å². The molecule has 0 heterocycles. The first-order chi connectivity index (χ1) is 13.5. The third kappa shape index (κ3) is 4.53. The smallest absolute Gasteiger partial charge is 0.258 e. The summed E-state index contributed by atoms with van der Waals surface area (Å²) in [6.45, 7) is -2.32. The van der Waals surface area contributed by atoms with Gasteiger partial charge in [-0.25, -0.2) is 5.14 Å². The Labute approximate surface area is 164 Å². The Balaban J connectivity index is 6.47. The van der Waals surface area contributed by atoms with Gasteiger partial charge in [-0.05, 0) is 0 Å². The molecule has 0 bridgehead atoms. The van der Waals surface area contributed by atoms with Crippen molar-refractivity contribution >= 4 is 10.3 Å². The van der Waals surface area contributed by atoms with E-state index in [9.17, 15) is 83.1 Å². The van der Waals surface area contributed by atoms with Gasteiger partial charge in [0.25, 0.3) is 0 Å². The molecular weight excluding hydrogens is 537 g/mol. The van der Waals surface area contributed by atoms with E-state index in [1.165, 1.54) is 0 Å². The van der Waals surface area contributed by atoms with Crippen LogP contribution in [0.25, 0.3) is 0 Å². The van der Waals surface area contributed by atoms with E-state index in [1.807, 2.05) is 0 Å². The van der Waals surface area contributed by atoms with Crippen LogP contribution in [-0.2, 0) is 14.5 Å². The second-order valence-corrected chi connectivity index (χ2v) is 6.93. The number of halogens is 17. The third-order valence-corrected chi connectivity index (χ3v) is 3.95. The van der Waals surface area contributed by atoms with Gasteiger partial charge >= 0.3 is 57.9 Å². The van der Waals surface area contributed by atoms with Crippen molar-refractivity contribution in [3.8, 4) is 0 Å². The normalized spacial score (nSPS) is 16.4. The van der Waals surface area contributed by atoms with Crippen LogP contribution in [0.4, 0.5) is 74.6 Å². The monoisotopic (exact) mass is 543 g/mol. The molecule has 0 radical (unpaired) electrons. The van der Waals surface area contributed by atoms with Crippen molar-refractivity contribution in [3.05, 3.63) is 0 Å². The summed E-state index contributed by atoms with van der Waals surface area (Å²) in [7, 11) is -5.25. The Morgan fingerprint density at radius 3 is 1.09 bits per heavy atom. The van der Waals surface area contributed by atoms with Crippen LogP contribution in [0.5, 0.6) is 0 Å². The lowest BCUT2D eigenvalue weighted by atomic mass is 9.88. The van der Waals surface area contributed by atoms with Crippen LogP contribution in [-0.4, -0.2) is 62.7 Å². The fourth-order valence-corrected chi connectivity index (χ4v) is 1.96. The highest BCUT2D eigenvalue weighted by molar-refractivity contribution is 7.84. The maximum Gasteiger partial charge on any atom is 0.460 e. The fourth-order valence-electron chi connectivity index (χ4n) is 1.64. The van der Waals surface area contributed by atoms with Crippen molar-refractivity contribution in [1.82, 2.24) is 0 Å². The largest absolute Gasteiger partial charge is 0.460 e. The average Bonchev–Trinajstić information content (AvgIpc) is 2.50. The SMILES string of the molecule is NS(=O)(=O)OCCC(F)(F)C(F)(F)C(F)(F)C(F)(F)C(F)(F)C(F)(F)C(F)(F)C(F)(F)F. The highest BCUT2D eigenvalue weighted by atomic mass is 32.2. The third-order valence-electron chi connectivity index (χ3n) is 3.45. The van der Waals surface area contributed by atoms with Crippen LogP contribution < -0.4 is 5.14 Å². The predicted octanol–water partition coefficient (Wildman–Crippen LogP) is 4.61. The molecule has 0 unspecified atom stereocenters. The highest BCUT2D eigenvalue weighted by Crippen LogP contribution is 2.64. The van der Waals surface area contributed by atoms with Gasteiger partial charge in [-0.15, -0.1) is 0 Å². The first-order valence-electron chi connectivity index (χ1n) is 6.84. The van der Waals surface area contributed by atoms with Crippen LogP contribution in [0.1, 0.15) is 6.42 Å². The fraction of sp³-hybridized carbons (Fsp3) is 1.00. The topological polar surface area (TPSA) is 69.4 Å². The minimum atomic E-state index is -8.72. The van der Waals surface area contributed by atoms with Crippen molar-refractivity contribution in [2.45, 2.75) is 54.1 Å². The van der Waals surface area contributed by atoms with Gasteiger partial charge in [0, 0.05) is 6.42 Å². The molecule has 22 heteroatoms. The van der Waals surface area contributed by atoms with Crippen LogP contribution in [0.2, 0.25) is 0 Å². The molecule has 0 rings (SSSR count). The lowest BCUT2D eigenvalue weighted by molar-refractivity contribution is -0.461. The molecule has 0 spiro atoms. The van der Waals surface area contributed by atoms with E-state index in [0.717, 1.165) is 0 Å². The molecule has 32 heavy (non-hydrogen) atoms. The Morgan fingerprint density at radius 1 is 0.531 bits per heavy atom. The summed E-state index contributed by atoms with van der Waals surface area (Å²) < 4.78 is 243. The molecule has 0 saturated heterocycles. The molecule has 0 saturated carbocycles. The summed E-state index contributed by atoms with van der Waals surface area (Å²) in [4.78, 5) is 0. The molecule has 4 nitrogen and oxygen atoms in total. The Morgan fingerprint density at radius 2 is 0.812 bits per heavy atom. The molecule has 194 valence electrons. The average molecular weight is 543 g/mol. The number of alkyl halides is 17. The quantitative estimate of drug-likeness (QED) is 0.410. The van der Waals surface area contributed by atoms with Crippen LogP contribution in [0.15, 0.2) is 0 Å². The van der Waals surface area contributed by atoms with E-state index in [1.54, 1.807) is 0 Å². The summed E-state index contributed by atoms with van der Waals surface area (Å²) in [5.41, 5.74) is 0. The Bertz CT molecular complexity index is 787. The Kier molecular flexibility index (Phi) is 7.55. The Hall–Kier alpha value is -1.32. The van der Waals surface area contributed by atoms with Gasteiger partial charge in [0.2, 0.25) is 0 Å². The highest BCUT2D eigenvalue weighted by Gasteiger charge is 2.95. The summed E-state index contributed by atoms with van der Waals surface area (Å²) >= 11 is 0. The van der Waals surface area contributed by atoms with Crippen LogP contribution >= 0.6 is 0 Å². The van der Waals surface area contributed by atoms with Gasteiger partial charge in [0.1, 0.15) is 0 Å². The van der Waals surface area contributed by atoms with Gasteiger partial charge in [-0.2, -0.15) is 83.1 Å². The molecule has 0 aliphatic carbocycles. The van der Waals surface area contributed by atoms with Gasteiger partial charge < -0.3 is 0 Å². The number of hydrogen-bond acceptors (Lipinski definition) is 3. The maximum absolute atomic E-state index is 13.3. The van der Waals surface area contributed by atoms with Crippen LogP contribution in [0, 0.1) is 0 Å². The van der Waals surface area contributed by atoms with Gasteiger partial charge in [0.05, 0.1) is 6.61 Å².